The fourth-order valence-corrected chi connectivity index (χ4v) is 1.52. The zero-order chi connectivity index (χ0) is 11.1. The molecule has 86 valence electrons. The maximum Gasteiger partial charge on any atom is 0.330 e. The first-order chi connectivity index (χ1) is 7.27. The molecule has 0 unspecified atom stereocenters. The smallest absolute Gasteiger partial charge is 0.330 e. The number of carbonyl (C=O) groups excluding carboxylic acids is 1. The molecule has 0 radical (unpaired) electrons. The third-order valence-electron chi connectivity index (χ3n) is 2.42. The monoisotopic (exact) mass is 212 g/mol. The molecule has 0 aromatic rings. The van der Waals surface area contributed by atoms with Gasteiger partial charge in [0.05, 0.1) is 12.7 Å². The van der Waals surface area contributed by atoms with Crippen molar-refractivity contribution in [2.75, 3.05) is 6.61 Å². The Morgan fingerprint density at radius 1 is 1.40 bits per heavy atom. The van der Waals surface area contributed by atoms with Gasteiger partial charge in [0, 0.05) is 6.08 Å². The van der Waals surface area contributed by atoms with Crippen LogP contribution in [-0.4, -0.2) is 24.8 Å². The second-order valence-electron chi connectivity index (χ2n) is 3.75. The van der Waals surface area contributed by atoms with Gasteiger partial charge in [-0.15, -0.1) is 0 Å². The van der Waals surface area contributed by atoms with Crippen molar-refractivity contribution in [3.63, 3.8) is 0 Å². The molecule has 3 heteroatoms. The van der Waals surface area contributed by atoms with Gasteiger partial charge in [-0.25, -0.2) is 4.79 Å². The lowest BCUT2D eigenvalue weighted by Crippen LogP contribution is -2.00. The third kappa shape index (κ3) is 4.98. The summed E-state index contributed by atoms with van der Waals surface area (Å²) >= 11 is 0. The van der Waals surface area contributed by atoms with Gasteiger partial charge in [-0.3, -0.25) is 0 Å². The number of esters is 1. The quantitative estimate of drug-likeness (QED) is 0.281. The van der Waals surface area contributed by atoms with Crippen LogP contribution in [0.3, 0.4) is 0 Å². The number of unbranched alkanes of at least 4 members (excludes halogenated alkanes) is 2. The highest BCUT2D eigenvalue weighted by atomic mass is 16.6. The Labute approximate surface area is 91.4 Å². The van der Waals surface area contributed by atoms with Crippen molar-refractivity contribution in [2.45, 2.75) is 51.7 Å². The van der Waals surface area contributed by atoms with E-state index in [1.807, 2.05) is 0 Å². The highest BCUT2D eigenvalue weighted by molar-refractivity contribution is 5.82. The second kappa shape index (κ2) is 6.62. The van der Waals surface area contributed by atoms with E-state index in [4.69, 9.17) is 9.47 Å². The van der Waals surface area contributed by atoms with E-state index in [0.717, 1.165) is 6.42 Å². The van der Waals surface area contributed by atoms with Crippen LogP contribution >= 0.6 is 0 Å². The first-order valence-electron chi connectivity index (χ1n) is 5.78. The molecule has 1 rings (SSSR count). The summed E-state index contributed by atoms with van der Waals surface area (Å²) in [6.07, 6.45) is 8.55. The Bertz CT molecular complexity index is 223. The molecular weight excluding hydrogens is 192 g/mol. The van der Waals surface area contributed by atoms with Crippen LogP contribution in [0, 0.1) is 0 Å². The standard InChI is InChI=1S/C12H20O3/c1-3-5-6-7-10-11(15-10)8-9-12(13)14-4-2/h8-11H,3-7H2,1-2H3/b9-8+/t10-,11+/m0/s1. The Kier molecular flexibility index (Phi) is 5.40. The third-order valence-corrected chi connectivity index (χ3v) is 2.42. The minimum absolute atomic E-state index is 0.145. The van der Waals surface area contributed by atoms with Gasteiger partial charge in [0.25, 0.3) is 0 Å². The summed E-state index contributed by atoms with van der Waals surface area (Å²) in [4.78, 5) is 11.0. The van der Waals surface area contributed by atoms with Gasteiger partial charge < -0.3 is 9.47 Å². The summed E-state index contributed by atoms with van der Waals surface area (Å²) in [6.45, 7) is 4.41. The van der Waals surface area contributed by atoms with Crippen molar-refractivity contribution >= 4 is 5.97 Å². The summed E-state index contributed by atoms with van der Waals surface area (Å²) in [6, 6.07) is 0. The highest BCUT2D eigenvalue weighted by Gasteiger charge is 2.35. The number of carbonyl (C=O) groups is 1. The average molecular weight is 212 g/mol. The molecule has 0 amide bonds. The number of epoxide rings is 1. The molecule has 0 spiro atoms. The molecule has 1 saturated heterocycles. The van der Waals surface area contributed by atoms with Gasteiger partial charge in [-0.1, -0.05) is 26.2 Å². The second-order valence-corrected chi connectivity index (χ2v) is 3.75. The summed E-state index contributed by atoms with van der Waals surface area (Å²) in [5, 5.41) is 0. The van der Waals surface area contributed by atoms with Crippen molar-refractivity contribution in [3.8, 4) is 0 Å². The molecule has 15 heavy (non-hydrogen) atoms. The summed E-state index contributed by atoms with van der Waals surface area (Å²) in [5.74, 6) is -0.277. The summed E-state index contributed by atoms with van der Waals surface area (Å²) in [7, 11) is 0. The van der Waals surface area contributed by atoms with Crippen LogP contribution in [0.2, 0.25) is 0 Å². The maximum absolute atomic E-state index is 11.0. The maximum atomic E-state index is 11.0. The predicted molar refractivity (Wildman–Crippen MR) is 58.6 cm³/mol. The number of hydrogen-bond donors (Lipinski definition) is 0. The van der Waals surface area contributed by atoms with Gasteiger partial charge in [0.1, 0.15) is 6.10 Å². The van der Waals surface area contributed by atoms with Crippen LogP contribution < -0.4 is 0 Å². The minimum Gasteiger partial charge on any atom is -0.463 e. The molecule has 0 N–H and O–H groups in total. The molecule has 1 heterocycles. The molecule has 0 aliphatic carbocycles. The van der Waals surface area contributed by atoms with E-state index in [1.54, 1.807) is 13.0 Å². The van der Waals surface area contributed by atoms with Gasteiger partial charge in [0.15, 0.2) is 0 Å². The fourth-order valence-electron chi connectivity index (χ4n) is 1.52. The van der Waals surface area contributed by atoms with E-state index >= 15 is 0 Å². The Morgan fingerprint density at radius 3 is 2.87 bits per heavy atom. The average Bonchev–Trinajstić information content (AvgIpc) is 2.95. The Balaban J connectivity index is 2.07. The Morgan fingerprint density at radius 2 is 2.20 bits per heavy atom. The van der Waals surface area contributed by atoms with Gasteiger partial charge in [-0.2, -0.15) is 0 Å². The van der Waals surface area contributed by atoms with E-state index in [0.29, 0.717) is 12.7 Å². The van der Waals surface area contributed by atoms with E-state index in [9.17, 15) is 4.79 Å². The first kappa shape index (κ1) is 12.2. The van der Waals surface area contributed by atoms with Crippen molar-refractivity contribution in [1.82, 2.24) is 0 Å². The number of rotatable bonds is 7. The molecular formula is C12H20O3. The molecule has 1 aliphatic heterocycles. The van der Waals surface area contributed by atoms with Crippen LogP contribution in [0.25, 0.3) is 0 Å². The summed E-state index contributed by atoms with van der Waals surface area (Å²) < 4.78 is 10.2. The van der Waals surface area contributed by atoms with E-state index < -0.39 is 0 Å². The van der Waals surface area contributed by atoms with Crippen molar-refractivity contribution < 1.29 is 14.3 Å². The zero-order valence-electron chi connectivity index (χ0n) is 9.57. The van der Waals surface area contributed by atoms with Crippen LogP contribution in [0.15, 0.2) is 12.2 Å². The van der Waals surface area contributed by atoms with Crippen LogP contribution in [0.1, 0.15) is 39.5 Å². The molecule has 0 aromatic heterocycles. The first-order valence-corrected chi connectivity index (χ1v) is 5.78. The molecule has 0 saturated carbocycles. The highest BCUT2D eigenvalue weighted by Crippen LogP contribution is 2.28. The van der Waals surface area contributed by atoms with Crippen LogP contribution in [0.5, 0.6) is 0 Å². The van der Waals surface area contributed by atoms with Crippen LogP contribution in [-0.2, 0) is 14.3 Å². The van der Waals surface area contributed by atoms with Gasteiger partial charge >= 0.3 is 5.97 Å². The SMILES string of the molecule is CCCCC[C@@H]1O[C@@H]1/C=C/C(=O)OCC. The number of hydrogen-bond acceptors (Lipinski definition) is 3. The van der Waals surface area contributed by atoms with Crippen molar-refractivity contribution in [3.05, 3.63) is 12.2 Å². The van der Waals surface area contributed by atoms with Crippen LogP contribution in [0.4, 0.5) is 0 Å². The Hall–Kier alpha value is -0.830. The van der Waals surface area contributed by atoms with Gasteiger partial charge in [-0.05, 0) is 19.4 Å². The van der Waals surface area contributed by atoms with Crippen molar-refractivity contribution in [2.24, 2.45) is 0 Å². The van der Waals surface area contributed by atoms with E-state index in [-0.39, 0.29) is 12.1 Å². The lowest BCUT2D eigenvalue weighted by atomic mass is 10.1. The molecule has 2 atom stereocenters. The lowest BCUT2D eigenvalue weighted by molar-refractivity contribution is -0.137. The largest absolute Gasteiger partial charge is 0.463 e. The molecule has 1 fully saturated rings. The number of ether oxygens (including phenoxy) is 2. The zero-order valence-corrected chi connectivity index (χ0v) is 9.57. The minimum atomic E-state index is -0.277. The van der Waals surface area contributed by atoms with E-state index in [2.05, 4.69) is 6.92 Å². The fraction of sp³-hybridized carbons (Fsp3) is 0.750. The molecule has 1 aliphatic rings. The van der Waals surface area contributed by atoms with Gasteiger partial charge in [0.2, 0.25) is 0 Å². The molecule has 0 bridgehead atoms. The lowest BCUT2D eigenvalue weighted by Gasteiger charge is -1.93. The van der Waals surface area contributed by atoms with E-state index in [1.165, 1.54) is 25.3 Å². The normalized spacial score (nSPS) is 24.4. The predicted octanol–water partition coefficient (Wildman–Crippen LogP) is 2.45. The molecule has 0 aromatic carbocycles. The van der Waals surface area contributed by atoms with Crippen molar-refractivity contribution in [1.29, 1.82) is 0 Å². The topological polar surface area (TPSA) is 38.8 Å². The molecule has 3 nitrogen and oxygen atoms in total. The summed E-state index contributed by atoms with van der Waals surface area (Å²) in [5.41, 5.74) is 0.